The van der Waals surface area contributed by atoms with E-state index < -0.39 is 0 Å². The fraction of sp³-hybridized carbons (Fsp3) is 0.435. The Labute approximate surface area is 179 Å². The van der Waals surface area contributed by atoms with Crippen LogP contribution >= 0.6 is 0 Å². The van der Waals surface area contributed by atoms with Crippen LogP contribution in [-0.2, 0) is 0 Å². The molecule has 0 radical (unpaired) electrons. The SMILES string of the molecule is CCN(C)CCCC(C)Nc1nc(C)cc(Nc2ccc3nc(C)cc(N)c3c2)n1. The number of nitrogens with zero attached hydrogens (tertiary/aromatic N) is 4. The topological polar surface area (TPSA) is 92.0 Å². The van der Waals surface area contributed by atoms with E-state index in [-0.39, 0.29) is 0 Å². The average Bonchev–Trinajstić information content (AvgIpc) is 2.67. The van der Waals surface area contributed by atoms with Crippen LogP contribution in [-0.4, -0.2) is 46.0 Å². The zero-order valence-electron chi connectivity index (χ0n) is 18.7. The molecule has 0 aliphatic carbocycles. The van der Waals surface area contributed by atoms with E-state index in [2.05, 4.69) is 51.4 Å². The molecule has 3 aromatic rings. The van der Waals surface area contributed by atoms with E-state index in [1.165, 1.54) is 0 Å². The van der Waals surface area contributed by atoms with Gasteiger partial charge in [-0.05, 0) is 78.0 Å². The Bertz CT molecular complexity index is 1000. The summed E-state index contributed by atoms with van der Waals surface area (Å²) in [5, 5.41) is 7.74. The predicted molar refractivity (Wildman–Crippen MR) is 126 cm³/mol. The van der Waals surface area contributed by atoms with E-state index in [1.807, 2.05) is 44.2 Å². The van der Waals surface area contributed by atoms with Crippen LogP contribution in [0.15, 0.2) is 30.3 Å². The number of hydrogen-bond acceptors (Lipinski definition) is 7. The lowest BCUT2D eigenvalue weighted by Crippen LogP contribution is -2.22. The van der Waals surface area contributed by atoms with Crippen LogP contribution in [0.3, 0.4) is 0 Å². The van der Waals surface area contributed by atoms with Crippen LogP contribution in [0.1, 0.15) is 38.1 Å². The van der Waals surface area contributed by atoms with Crippen LogP contribution in [0, 0.1) is 13.8 Å². The Morgan fingerprint density at radius 2 is 1.83 bits per heavy atom. The summed E-state index contributed by atoms with van der Waals surface area (Å²) in [6.45, 7) is 10.5. The summed E-state index contributed by atoms with van der Waals surface area (Å²) in [4.78, 5) is 16.1. The lowest BCUT2D eigenvalue weighted by Gasteiger charge is -2.18. The smallest absolute Gasteiger partial charge is 0.225 e. The highest BCUT2D eigenvalue weighted by Gasteiger charge is 2.09. The number of pyridine rings is 1. The summed E-state index contributed by atoms with van der Waals surface area (Å²) in [5.74, 6) is 1.40. The third-order valence-corrected chi connectivity index (χ3v) is 5.19. The third kappa shape index (κ3) is 5.79. The summed E-state index contributed by atoms with van der Waals surface area (Å²) in [6.07, 6.45) is 2.21. The van der Waals surface area contributed by atoms with Gasteiger partial charge in [-0.15, -0.1) is 0 Å². The number of anilines is 4. The Kier molecular flexibility index (Phi) is 7.05. The van der Waals surface area contributed by atoms with Gasteiger partial charge in [0.15, 0.2) is 0 Å². The van der Waals surface area contributed by atoms with Gasteiger partial charge in [0.1, 0.15) is 5.82 Å². The fourth-order valence-corrected chi connectivity index (χ4v) is 3.43. The number of nitrogen functional groups attached to an aromatic ring is 1. The molecule has 1 aromatic carbocycles. The molecule has 4 N–H and O–H groups in total. The number of hydrogen-bond donors (Lipinski definition) is 3. The maximum atomic E-state index is 6.18. The van der Waals surface area contributed by atoms with Crippen molar-refractivity contribution in [2.24, 2.45) is 0 Å². The highest BCUT2D eigenvalue weighted by atomic mass is 15.2. The minimum absolute atomic E-state index is 0.305. The normalized spacial score (nSPS) is 12.3. The zero-order valence-corrected chi connectivity index (χ0v) is 18.7. The minimum Gasteiger partial charge on any atom is -0.398 e. The van der Waals surface area contributed by atoms with E-state index in [4.69, 9.17) is 5.73 Å². The van der Waals surface area contributed by atoms with Crippen LogP contribution < -0.4 is 16.4 Å². The second-order valence-corrected chi connectivity index (χ2v) is 8.01. The molecule has 0 aliphatic heterocycles. The fourth-order valence-electron chi connectivity index (χ4n) is 3.43. The molecule has 2 aromatic heterocycles. The quantitative estimate of drug-likeness (QED) is 0.481. The molecule has 0 amide bonds. The Morgan fingerprint density at radius 3 is 2.60 bits per heavy atom. The molecule has 160 valence electrons. The van der Waals surface area contributed by atoms with E-state index in [0.717, 1.165) is 65.4 Å². The molecular formula is C23H33N7. The second-order valence-electron chi connectivity index (χ2n) is 8.01. The van der Waals surface area contributed by atoms with E-state index in [1.54, 1.807) is 0 Å². The number of aromatic nitrogens is 3. The number of benzene rings is 1. The average molecular weight is 408 g/mol. The van der Waals surface area contributed by atoms with E-state index in [9.17, 15) is 0 Å². The first-order valence-corrected chi connectivity index (χ1v) is 10.6. The molecule has 0 fully saturated rings. The van der Waals surface area contributed by atoms with Crippen molar-refractivity contribution in [3.8, 4) is 0 Å². The van der Waals surface area contributed by atoms with Crippen molar-refractivity contribution in [2.45, 2.75) is 46.6 Å². The summed E-state index contributed by atoms with van der Waals surface area (Å²) < 4.78 is 0. The third-order valence-electron chi connectivity index (χ3n) is 5.19. The summed E-state index contributed by atoms with van der Waals surface area (Å²) in [7, 11) is 2.15. The van der Waals surface area contributed by atoms with Crippen molar-refractivity contribution < 1.29 is 0 Å². The highest BCUT2D eigenvalue weighted by molar-refractivity contribution is 5.93. The number of rotatable bonds is 9. The molecule has 0 bridgehead atoms. The van der Waals surface area contributed by atoms with Gasteiger partial charge in [-0.3, -0.25) is 4.98 Å². The molecule has 1 atom stereocenters. The molecule has 2 heterocycles. The summed E-state index contributed by atoms with van der Waals surface area (Å²) in [5.41, 5.74) is 10.5. The van der Waals surface area contributed by atoms with E-state index in [0.29, 0.717) is 12.0 Å². The van der Waals surface area contributed by atoms with Crippen molar-refractivity contribution in [1.29, 1.82) is 0 Å². The van der Waals surface area contributed by atoms with E-state index >= 15 is 0 Å². The molecule has 30 heavy (non-hydrogen) atoms. The van der Waals surface area contributed by atoms with Crippen LogP contribution in [0.25, 0.3) is 10.9 Å². The standard InChI is InChI=1S/C23H33N7/c1-6-30(5)11-7-8-15(2)26-23-27-17(4)13-22(29-23)28-18-9-10-21-19(14-18)20(24)12-16(3)25-21/h9-10,12-15H,6-8,11H2,1-5H3,(H2,24,25)(H2,26,27,28,29). The number of fused-ring (bicyclic) bond motifs is 1. The monoisotopic (exact) mass is 407 g/mol. The van der Waals surface area contributed by atoms with Gasteiger partial charge >= 0.3 is 0 Å². The molecule has 3 rings (SSSR count). The molecule has 1 unspecified atom stereocenters. The van der Waals surface area contributed by atoms with Crippen molar-refractivity contribution in [3.05, 3.63) is 41.7 Å². The summed E-state index contributed by atoms with van der Waals surface area (Å²) in [6, 6.07) is 10.1. The molecule has 0 saturated heterocycles. The number of aryl methyl sites for hydroxylation is 2. The van der Waals surface area contributed by atoms with Crippen molar-refractivity contribution >= 4 is 34.0 Å². The number of nitrogens with two attached hydrogens (primary N) is 1. The molecule has 0 aliphatic rings. The van der Waals surface area contributed by atoms with Crippen molar-refractivity contribution in [3.63, 3.8) is 0 Å². The van der Waals surface area contributed by atoms with Gasteiger partial charge in [0.05, 0.1) is 5.52 Å². The van der Waals surface area contributed by atoms with Gasteiger partial charge < -0.3 is 21.3 Å². The molecule has 0 saturated carbocycles. The zero-order chi connectivity index (χ0) is 21.7. The first-order valence-electron chi connectivity index (χ1n) is 10.6. The second kappa shape index (κ2) is 9.71. The van der Waals surface area contributed by atoms with Gasteiger partial charge in [0.25, 0.3) is 0 Å². The lowest BCUT2D eigenvalue weighted by atomic mass is 10.1. The Balaban J connectivity index is 1.70. The van der Waals surface area contributed by atoms with Crippen molar-refractivity contribution in [2.75, 3.05) is 36.5 Å². The maximum absolute atomic E-state index is 6.18. The Hall–Kier alpha value is -2.93. The lowest BCUT2D eigenvalue weighted by molar-refractivity contribution is 0.340. The Morgan fingerprint density at radius 1 is 1.07 bits per heavy atom. The van der Waals surface area contributed by atoms with Crippen LogP contribution in [0.4, 0.5) is 23.1 Å². The van der Waals surface area contributed by atoms with Crippen LogP contribution in [0.2, 0.25) is 0 Å². The molecule has 0 spiro atoms. The first-order chi connectivity index (χ1) is 14.3. The van der Waals surface area contributed by atoms with Crippen molar-refractivity contribution in [1.82, 2.24) is 19.9 Å². The number of nitrogens with one attached hydrogen (secondary N) is 2. The van der Waals surface area contributed by atoms with Gasteiger partial charge in [-0.25, -0.2) is 4.98 Å². The predicted octanol–water partition coefficient (Wildman–Crippen LogP) is 4.50. The van der Waals surface area contributed by atoms with Gasteiger partial charge in [-0.1, -0.05) is 6.92 Å². The first kappa shape index (κ1) is 21.8. The molecular weight excluding hydrogens is 374 g/mol. The molecule has 7 heteroatoms. The highest BCUT2D eigenvalue weighted by Crippen LogP contribution is 2.26. The maximum Gasteiger partial charge on any atom is 0.225 e. The van der Waals surface area contributed by atoms with Gasteiger partial charge in [-0.2, -0.15) is 4.98 Å². The molecule has 7 nitrogen and oxygen atoms in total. The largest absolute Gasteiger partial charge is 0.398 e. The van der Waals surface area contributed by atoms with Gasteiger partial charge in [0, 0.05) is 40.3 Å². The minimum atomic E-state index is 0.305. The van der Waals surface area contributed by atoms with Crippen LogP contribution in [0.5, 0.6) is 0 Å². The summed E-state index contributed by atoms with van der Waals surface area (Å²) >= 11 is 0. The van der Waals surface area contributed by atoms with Gasteiger partial charge in [0.2, 0.25) is 5.95 Å².